The zero-order valence-corrected chi connectivity index (χ0v) is 12.9. The van der Waals surface area contributed by atoms with E-state index < -0.39 is 11.8 Å². The molecule has 3 heteroatoms. The lowest BCUT2D eigenvalue weighted by Gasteiger charge is -2.38. The van der Waals surface area contributed by atoms with Crippen LogP contribution < -0.4 is 0 Å². The second-order valence-corrected chi connectivity index (χ2v) is 5.58. The molecule has 2 aromatic carbocycles. The summed E-state index contributed by atoms with van der Waals surface area (Å²) in [6, 6.07) is 19.8. The summed E-state index contributed by atoms with van der Waals surface area (Å²) in [5, 5.41) is 10.8. The first-order valence-corrected chi connectivity index (χ1v) is 7.12. The minimum Gasteiger partial charge on any atom is -0.373 e. The molecule has 0 radical (unpaired) electrons. The van der Waals surface area contributed by atoms with E-state index in [1.165, 1.54) is 0 Å². The lowest BCUT2D eigenvalue weighted by molar-refractivity contribution is -0.177. The third-order valence-electron chi connectivity index (χ3n) is 3.76. The Kier molecular flexibility index (Phi) is 5.12. The van der Waals surface area contributed by atoms with Gasteiger partial charge in [-0.3, -0.25) is 4.90 Å². The molecule has 0 fully saturated rings. The zero-order chi connectivity index (χ0) is 15.3. The fourth-order valence-corrected chi connectivity index (χ4v) is 2.19. The highest BCUT2D eigenvalue weighted by atomic mass is 16.5. The van der Waals surface area contributed by atoms with E-state index in [1.54, 1.807) is 11.8 Å². The molecule has 2 unspecified atom stereocenters. The van der Waals surface area contributed by atoms with Crippen LogP contribution in [0.5, 0.6) is 0 Å². The summed E-state index contributed by atoms with van der Waals surface area (Å²) in [6.45, 7) is 2.24. The number of aliphatic hydroxyl groups is 1. The van der Waals surface area contributed by atoms with E-state index in [1.807, 2.05) is 74.8 Å². The first-order valence-electron chi connectivity index (χ1n) is 7.12. The summed E-state index contributed by atoms with van der Waals surface area (Å²) in [5.41, 5.74) is 0.968. The molecule has 0 spiro atoms. The van der Waals surface area contributed by atoms with Gasteiger partial charge in [0.2, 0.25) is 0 Å². The molecule has 2 atom stereocenters. The molecule has 1 N–H and O–H groups in total. The van der Waals surface area contributed by atoms with Gasteiger partial charge in [0.05, 0.1) is 6.61 Å². The van der Waals surface area contributed by atoms with Crippen LogP contribution in [0.25, 0.3) is 0 Å². The standard InChI is InChI=1S/C18H23NO2/c1-18(20,19(2)3)17(16-12-8-5-9-13-16)21-14-15-10-6-4-7-11-15/h4-13,17,20H,14H2,1-3H3. The number of nitrogens with zero attached hydrogens (tertiary/aromatic N) is 1. The van der Waals surface area contributed by atoms with Crippen molar-refractivity contribution in [3.63, 3.8) is 0 Å². The van der Waals surface area contributed by atoms with E-state index in [-0.39, 0.29) is 0 Å². The van der Waals surface area contributed by atoms with Crippen molar-refractivity contribution in [1.29, 1.82) is 0 Å². The van der Waals surface area contributed by atoms with Crippen LogP contribution in [0, 0.1) is 0 Å². The molecule has 0 saturated carbocycles. The maximum absolute atomic E-state index is 10.8. The van der Waals surface area contributed by atoms with Gasteiger partial charge in [-0.15, -0.1) is 0 Å². The molecule has 2 aromatic rings. The minimum atomic E-state index is -1.09. The predicted molar refractivity (Wildman–Crippen MR) is 84.7 cm³/mol. The number of rotatable bonds is 6. The van der Waals surface area contributed by atoms with Crippen molar-refractivity contribution in [2.24, 2.45) is 0 Å². The molecule has 0 aromatic heterocycles. The average Bonchev–Trinajstić information content (AvgIpc) is 2.49. The van der Waals surface area contributed by atoms with Crippen LogP contribution in [0.4, 0.5) is 0 Å². The van der Waals surface area contributed by atoms with Gasteiger partial charge in [0.15, 0.2) is 0 Å². The van der Waals surface area contributed by atoms with Gasteiger partial charge in [0.25, 0.3) is 0 Å². The lowest BCUT2D eigenvalue weighted by Crippen LogP contribution is -2.47. The largest absolute Gasteiger partial charge is 0.373 e. The van der Waals surface area contributed by atoms with Crippen LogP contribution in [0.15, 0.2) is 60.7 Å². The molecule has 0 aliphatic carbocycles. The van der Waals surface area contributed by atoms with Gasteiger partial charge in [-0.2, -0.15) is 0 Å². The molecule has 0 saturated heterocycles. The Labute approximate surface area is 126 Å². The zero-order valence-electron chi connectivity index (χ0n) is 12.9. The summed E-state index contributed by atoms with van der Waals surface area (Å²) >= 11 is 0. The third kappa shape index (κ3) is 3.91. The van der Waals surface area contributed by atoms with Gasteiger partial charge in [-0.05, 0) is 32.1 Å². The first-order chi connectivity index (χ1) is 10.0. The number of hydrogen-bond acceptors (Lipinski definition) is 3. The van der Waals surface area contributed by atoms with Crippen LogP contribution in [0.2, 0.25) is 0 Å². The predicted octanol–water partition coefficient (Wildman–Crippen LogP) is 3.21. The number of hydrogen-bond donors (Lipinski definition) is 1. The Hall–Kier alpha value is -1.68. The highest BCUT2D eigenvalue weighted by Crippen LogP contribution is 2.31. The SMILES string of the molecule is CN(C)C(C)(O)C(OCc1ccccc1)c1ccccc1. The first kappa shape index (κ1) is 15.7. The van der Waals surface area contributed by atoms with Crippen LogP contribution in [0.3, 0.4) is 0 Å². The molecular weight excluding hydrogens is 262 g/mol. The number of benzene rings is 2. The fourth-order valence-electron chi connectivity index (χ4n) is 2.19. The Bertz CT molecular complexity index is 538. The third-order valence-corrected chi connectivity index (χ3v) is 3.76. The van der Waals surface area contributed by atoms with Crippen molar-refractivity contribution in [2.75, 3.05) is 14.1 Å². The molecule has 112 valence electrons. The molecule has 0 amide bonds. The van der Waals surface area contributed by atoms with Gasteiger partial charge in [0.1, 0.15) is 11.8 Å². The Morgan fingerprint density at radius 2 is 1.52 bits per heavy atom. The van der Waals surface area contributed by atoms with Crippen LogP contribution in [0.1, 0.15) is 24.2 Å². The summed E-state index contributed by atoms with van der Waals surface area (Å²) < 4.78 is 6.05. The van der Waals surface area contributed by atoms with Crippen LogP contribution >= 0.6 is 0 Å². The van der Waals surface area contributed by atoms with E-state index in [0.717, 1.165) is 11.1 Å². The summed E-state index contributed by atoms with van der Waals surface area (Å²) in [7, 11) is 3.70. The maximum atomic E-state index is 10.8. The number of likely N-dealkylation sites (N-methyl/N-ethyl adjacent to an activating group) is 1. The molecule has 2 rings (SSSR count). The Balaban J connectivity index is 2.21. The summed E-state index contributed by atoms with van der Waals surface area (Å²) in [4.78, 5) is 1.77. The quantitative estimate of drug-likeness (QED) is 0.827. The summed E-state index contributed by atoms with van der Waals surface area (Å²) in [6.07, 6.45) is -0.422. The van der Waals surface area contributed by atoms with Crippen molar-refractivity contribution in [3.05, 3.63) is 71.8 Å². The average molecular weight is 285 g/mol. The molecule has 21 heavy (non-hydrogen) atoms. The molecule has 0 aliphatic heterocycles. The molecular formula is C18H23NO2. The molecule has 0 aliphatic rings. The van der Waals surface area contributed by atoms with Gasteiger partial charge in [-0.1, -0.05) is 60.7 Å². The highest BCUT2D eigenvalue weighted by molar-refractivity contribution is 5.20. The monoisotopic (exact) mass is 285 g/mol. The summed E-state index contributed by atoms with van der Waals surface area (Å²) in [5.74, 6) is 0. The van der Waals surface area contributed by atoms with E-state index in [0.29, 0.717) is 6.61 Å². The van der Waals surface area contributed by atoms with Gasteiger partial charge in [-0.25, -0.2) is 0 Å². The number of ether oxygens (including phenoxy) is 1. The van der Waals surface area contributed by atoms with E-state index in [4.69, 9.17) is 4.74 Å². The lowest BCUT2D eigenvalue weighted by atomic mass is 9.99. The van der Waals surface area contributed by atoms with Crippen molar-refractivity contribution in [2.45, 2.75) is 25.4 Å². The van der Waals surface area contributed by atoms with Gasteiger partial charge in [0, 0.05) is 0 Å². The minimum absolute atomic E-state index is 0.422. The molecule has 3 nitrogen and oxygen atoms in total. The fraction of sp³-hybridized carbons (Fsp3) is 0.333. The highest BCUT2D eigenvalue weighted by Gasteiger charge is 2.36. The van der Waals surface area contributed by atoms with E-state index in [9.17, 15) is 5.11 Å². The van der Waals surface area contributed by atoms with Gasteiger partial charge >= 0.3 is 0 Å². The van der Waals surface area contributed by atoms with Crippen molar-refractivity contribution in [3.8, 4) is 0 Å². The van der Waals surface area contributed by atoms with Crippen molar-refractivity contribution in [1.82, 2.24) is 4.90 Å². The topological polar surface area (TPSA) is 32.7 Å². The Morgan fingerprint density at radius 3 is 2.05 bits per heavy atom. The van der Waals surface area contributed by atoms with Crippen LogP contribution in [-0.4, -0.2) is 29.8 Å². The van der Waals surface area contributed by atoms with Crippen molar-refractivity contribution < 1.29 is 9.84 Å². The second kappa shape index (κ2) is 6.85. The van der Waals surface area contributed by atoms with E-state index >= 15 is 0 Å². The normalized spacial score (nSPS) is 15.7. The van der Waals surface area contributed by atoms with E-state index in [2.05, 4.69) is 0 Å². The Morgan fingerprint density at radius 1 is 1.00 bits per heavy atom. The van der Waals surface area contributed by atoms with Crippen molar-refractivity contribution >= 4 is 0 Å². The van der Waals surface area contributed by atoms with Crippen LogP contribution in [-0.2, 0) is 11.3 Å². The molecule has 0 bridgehead atoms. The van der Waals surface area contributed by atoms with Gasteiger partial charge < -0.3 is 9.84 Å². The maximum Gasteiger partial charge on any atom is 0.145 e. The molecule has 0 heterocycles. The smallest absolute Gasteiger partial charge is 0.145 e. The second-order valence-electron chi connectivity index (χ2n) is 5.58.